The summed E-state index contributed by atoms with van der Waals surface area (Å²) in [6.07, 6.45) is 3.60. The van der Waals surface area contributed by atoms with E-state index in [0.717, 1.165) is 11.3 Å². The third-order valence-electron chi connectivity index (χ3n) is 4.12. The summed E-state index contributed by atoms with van der Waals surface area (Å²) in [5, 5.41) is 0.629. The molecule has 0 bridgehead atoms. The van der Waals surface area contributed by atoms with Gasteiger partial charge in [-0.15, -0.1) is 0 Å². The van der Waals surface area contributed by atoms with Crippen molar-refractivity contribution >= 4 is 29.1 Å². The van der Waals surface area contributed by atoms with Crippen LogP contribution in [0.25, 0.3) is 0 Å². The van der Waals surface area contributed by atoms with Gasteiger partial charge in [0, 0.05) is 35.7 Å². The van der Waals surface area contributed by atoms with Gasteiger partial charge in [-0.05, 0) is 42.8 Å². The third-order valence-corrected chi connectivity index (χ3v) is 4.37. The monoisotopic (exact) mass is 343 g/mol. The van der Waals surface area contributed by atoms with Crippen molar-refractivity contribution in [1.82, 2.24) is 9.88 Å². The Kier molecular flexibility index (Phi) is 4.81. The molecule has 1 aromatic carbocycles. The normalized spacial score (nSPS) is 17.9. The summed E-state index contributed by atoms with van der Waals surface area (Å²) in [5.41, 5.74) is 1.65. The maximum Gasteiger partial charge on any atom is 0.246 e. The van der Waals surface area contributed by atoms with E-state index in [2.05, 4.69) is 4.98 Å². The summed E-state index contributed by atoms with van der Waals surface area (Å²) in [7, 11) is 0. The second kappa shape index (κ2) is 7.01. The number of piperazine rings is 1. The van der Waals surface area contributed by atoms with Crippen LogP contribution in [0.4, 0.5) is 5.69 Å². The maximum atomic E-state index is 12.5. The lowest BCUT2D eigenvalue weighted by atomic mass is 10.1. The molecule has 2 aromatic rings. The average Bonchev–Trinajstić information content (AvgIpc) is 2.58. The minimum absolute atomic E-state index is 0.0532. The molecule has 2 amide bonds. The minimum Gasteiger partial charge on any atom is -0.329 e. The van der Waals surface area contributed by atoms with Gasteiger partial charge in [0.1, 0.15) is 6.54 Å². The maximum absolute atomic E-state index is 12.5. The summed E-state index contributed by atoms with van der Waals surface area (Å²) in [4.78, 5) is 32.4. The van der Waals surface area contributed by atoms with E-state index in [9.17, 15) is 9.59 Å². The van der Waals surface area contributed by atoms with E-state index in [-0.39, 0.29) is 30.8 Å². The SMILES string of the molecule is C[C@H]1CN(c2ccc(Cl)cc2)C(=O)CN1C(=O)Cc1cccnc1. The molecule has 0 aliphatic carbocycles. The lowest BCUT2D eigenvalue weighted by Gasteiger charge is -2.39. The summed E-state index contributed by atoms with van der Waals surface area (Å²) in [6, 6.07) is 10.8. The number of halogens is 1. The molecule has 2 heterocycles. The van der Waals surface area contributed by atoms with E-state index in [0.29, 0.717) is 11.6 Å². The molecule has 0 radical (unpaired) electrons. The highest BCUT2D eigenvalue weighted by Gasteiger charge is 2.33. The largest absolute Gasteiger partial charge is 0.329 e. The number of anilines is 1. The summed E-state index contributed by atoms with van der Waals surface area (Å²) < 4.78 is 0. The number of aromatic nitrogens is 1. The van der Waals surface area contributed by atoms with Crippen LogP contribution in [0.15, 0.2) is 48.8 Å². The van der Waals surface area contributed by atoms with Gasteiger partial charge in [0.2, 0.25) is 11.8 Å². The fraction of sp³-hybridized carbons (Fsp3) is 0.278. The van der Waals surface area contributed by atoms with Crippen molar-refractivity contribution in [3.63, 3.8) is 0 Å². The van der Waals surface area contributed by atoms with Crippen molar-refractivity contribution in [3.05, 3.63) is 59.4 Å². The topological polar surface area (TPSA) is 53.5 Å². The molecule has 0 unspecified atom stereocenters. The Morgan fingerprint density at radius 2 is 2.04 bits per heavy atom. The molecule has 1 fully saturated rings. The zero-order valence-electron chi connectivity index (χ0n) is 13.4. The van der Waals surface area contributed by atoms with Gasteiger partial charge in [0.15, 0.2) is 0 Å². The molecule has 124 valence electrons. The number of carbonyl (C=O) groups is 2. The van der Waals surface area contributed by atoms with Crippen LogP contribution in [0.1, 0.15) is 12.5 Å². The third kappa shape index (κ3) is 3.57. The van der Waals surface area contributed by atoms with E-state index < -0.39 is 0 Å². The number of hydrogen-bond donors (Lipinski definition) is 0. The van der Waals surface area contributed by atoms with Gasteiger partial charge in [-0.2, -0.15) is 0 Å². The van der Waals surface area contributed by atoms with Crippen molar-refractivity contribution in [2.45, 2.75) is 19.4 Å². The molecule has 6 heteroatoms. The first-order valence-electron chi connectivity index (χ1n) is 7.79. The molecule has 5 nitrogen and oxygen atoms in total. The molecule has 1 aliphatic heterocycles. The minimum atomic E-state index is -0.0880. The molecule has 1 aliphatic rings. The van der Waals surface area contributed by atoms with Crippen LogP contribution in [0, 0.1) is 0 Å². The summed E-state index contributed by atoms with van der Waals surface area (Å²) in [5.74, 6) is -0.144. The Balaban J connectivity index is 1.70. The summed E-state index contributed by atoms with van der Waals surface area (Å²) >= 11 is 5.90. The lowest BCUT2D eigenvalue weighted by Crippen LogP contribution is -2.57. The highest BCUT2D eigenvalue weighted by atomic mass is 35.5. The number of pyridine rings is 1. The Hall–Kier alpha value is -2.40. The van der Waals surface area contributed by atoms with Crippen LogP contribution in [-0.4, -0.2) is 40.8 Å². The van der Waals surface area contributed by atoms with Crippen molar-refractivity contribution < 1.29 is 9.59 Å². The fourth-order valence-electron chi connectivity index (χ4n) is 2.83. The van der Waals surface area contributed by atoms with Crippen LogP contribution < -0.4 is 4.90 Å². The Bertz CT molecular complexity index is 734. The van der Waals surface area contributed by atoms with Crippen LogP contribution in [-0.2, 0) is 16.0 Å². The predicted octanol–water partition coefficient (Wildman–Crippen LogP) is 2.54. The van der Waals surface area contributed by atoms with E-state index >= 15 is 0 Å². The van der Waals surface area contributed by atoms with Crippen molar-refractivity contribution in [2.24, 2.45) is 0 Å². The second-order valence-corrected chi connectivity index (χ2v) is 6.33. The number of rotatable bonds is 3. The van der Waals surface area contributed by atoms with Gasteiger partial charge in [-0.1, -0.05) is 17.7 Å². The van der Waals surface area contributed by atoms with E-state index in [1.54, 1.807) is 40.4 Å². The molecule has 24 heavy (non-hydrogen) atoms. The number of hydrogen-bond acceptors (Lipinski definition) is 3. The average molecular weight is 344 g/mol. The van der Waals surface area contributed by atoms with Crippen LogP contribution >= 0.6 is 11.6 Å². The molecular weight excluding hydrogens is 326 g/mol. The molecule has 0 saturated carbocycles. The molecule has 1 atom stereocenters. The predicted molar refractivity (Wildman–Crippen MR) is 92.9 cm³/mol. The van der Waals surface area contributed by atoms with E-state index in [1.165, 1.54) is 0 Å². The zero-order valence-corrected chi connectivity index (χ0v) is 14.1. The van der Waals surface area contributed by atoms with Gasteiger partial charge in [0.25, 0.3) is 0 Å². The first-order valence-corrected chi connectivity index (χ1v) is 8.16. The van der Waals surface area contributed by atoms with E-state index in [1.807, 2.05) is 25.1 Å². The first-order chi connectivity index (χ1) is 11.5. The Morgan fingerprint density at radius 3 is 2.71 bits per heavy atom. The van der Waals surface area contributed by atoms with Gasteiger partial charge in [-0.25, -0.2) is 0 Å². The molecule has 0 spiro atoms. The van der Waals surface area contributed by atoms with Crippen molar-refractivity contribution in [3.8, 4) is 0 Å². The Morgan fingerprint density at radius 1 is 1.29 bits per heavy atom. The highest BCUT2D eigenvalue weighted by molar-refractivity contribution is 6.30. The fourth-order valence-corrected chi connectivity index (χ4v) is 2.96. The Labute approximate surface area is 145 Å². The zero-order chi connectivity index (χ0) is 17.1. The standard InChI is InChI=1S/C18H18ClN3O2/c1-13-11-22(16-6-4-15(19)5-7-16)18(24)12-21(13)17(23)9-14-3-2-8-20-10-14/h2-8,10,13H,9,11-12H2,1H3/t13-/m0/s1. The van der Waals surface area contributed by atoms with Crippen LogP contribution in [0.2, 0.25) is 5.02 Å². The molecule has 1 aromatic heterocycles. The molecule has 0 N–H and O–H groups in total. The van der Waals surface area contributed by atoms with E-state index in [4.69, 9.17) is 11.6 Å². The smallest absolute Gasteiger partial charge is 0.246 e. The lowest BCUT2D eigenvalue weighted by molar-refractivity contribution is -0.138. The molecular formula is C18H18ClN3O2. The first kappa shape index (κ1) is 16.5. The van der Waals surface area contributed by atoms with Crippen LogP contribution in [0.5, 0.6) is 0 Å². The van der Waals surface area contributed by atoms with Crippen molar-refractivity contribution in [1.29, 1.82) is 0 Å². The second-order valence-electron chi connectivity index (χ2n) is 5.89. The van der Waals surface area contributed by atoms with Gasteiger partial charge < -0.3 is 9.80 Å². The summed E-state index contributed by atoms with van der Waals surface area (Å²) in [6.45, 7) is 2.51. The van der Waals surface area contributed by atoms with Gasteiger partial charge >= 0.3 is 0 Å². The number of nitrogens with zero attached hydrogens (tertiary/aromatic N) is 3. The quantitative estimate of drug-likeness (QED) is 0.860. The highest BCUT2D eigenvalue weighted by Crippen LogP contribution is 2.22. The number of amides is 2. The number of carbonyl (C=O) groups excluding carboxylic acids is 2. The van der Waals surface area contributed by atoms with Gasteiger partial charge in [-0.3, -0.25) is 14.6 Å². The van der Waals surface area contributed by atoms with Crippen LogP contribution in [0.3, 0.4) is 0 Å². The molecule has 1 saturated heterocycles. The van der Waals surface area contributed by atoms with Gasteiger partial charge in [0.05, 0.1) is 6.42 Å². The van der Waals surface area contributed by atoms with Crippen molar-refractivity contribution in [2.75, 3.05) is 18.0 Å². The number of benzene rings is 1. The molecule has 3 rings (SSSR count).